The van der Waals surface area contributed by atoms with Crippen LogP contribution in [0.2, 0.25) is 0 Å². The molecule has 0 bridgehead atoms. The molecule has 5 aliphatic heterocycles. The molecule has 5 aliphatic rings. The third-order valence-corrected chi connectivity index (χ3v) is 16.9. The highest BCUT2D eigenvalue weighted by atomic mass is 16.8. The van der Waals surface area contributed by atoms with Crippen molar-refractivity contribution in [2.24, 2.45) is 0 Å². The zero-order valence-corrected chi connectivity index (χ0v) is 58.1. The van der Waals surface area contributed by atoms with Gasteiger partial charge in [-0.15, -0.1) is 0 Å². The summed E-state index contributed by atoms with van der Waals surface area (Å²) in [7, 11) is 2.99. The van der Waals surface area contributed by atoms with Gasteiger partial charge in [0.1, 0.15) is 79.9 Å². The van der Waals surface area contributed by atoms with Crippen LogP contribution in [0.4, 0.5) is 0 Å². The van der Waals surface area contributed by atoms with Crippen molar-refractivity contribution in [2.75, 3.05) is 53.5 Å². The van der Waals surface area contributed by atoms with E-state index in [9.17, 15) is 71.9 Å². The summed E-state index contributed by atoms with van der Waals surface area (Å²) in [5.41, 5.74) is 0. The number of hydrogen-bond acceptors (Lipinski definition) is 27. The number of carbonyl (C=O) groups excluding carboxylic acids is 16. The van der Waals surface area contributed by atoms with Crippen LogP contribution >= 0.6 is 0 Å². The number of rotatable bonds is 30. The van der Waals surface area contributed by atoms with Gasteiger partial charge in [-0.05, 0) is 79.7 Å². The number of likely N-dealkylation sites (tertiary alicyclic amines) is 3. The largest absolute Gasteiger partial charge is 0.463 e. The van der Waals surface area contributed by atoms with E-state index in [0.717, 1.165) is 48.5 Å². The highest BCUT2D eigenvalue weighted by molar-refractivity contribution is 5.98. The molecule has 0 aromatic rings. The molecule has 0 aliphatic carbocycles. The molecule has 10 amide bonds. The van der Waals surface area contributed by atoms with Crippen LogP contribution in [0.5, 0.6) is 0 Å². The Morgan fingerprint density at radius 3 is 1.49 bits per heavy atom. The summed E-state index contributed by atoms with van der Waals surface area (Å²) in [6.07, 6.45) is -16.4. The van der Waals surface area contributed by atoms with Crippen molar-refractivity contribution in [3.8, 4) is 0 Å². The lowest BCUT2D eigenvalue weighted by Crippen LogP contribution is -2.70. The fourth-order valence-corrected chi connectivity index (χ4v) is 12.2. The summed E-state index contributed by atoms with van der Waals surface area (Å²) in [6.45, 7) is 12.4. The lowest BCUT2D eigenvalue weighted by atomic mass is 9.94. The maximum absolute atomic E-state index is 15.1. The number of carbonyl (C=O) groups is 16. The molecular weight excluding hydrogens is 1310 g/mol. The number of nitrogens with one attached hydrogen (secondary N) is 8. The first-order valence-electron chi connectivity index (χ1n) is 32.8. The summed E-state index contributed by atoms with van der Waals surface area (Å²) in [4.78, 5) is 218. The molecule has 0 aromatic carbocycles. The molecule has 19 atom stereocenters. The molecular formula is C62H95N11O26. The highest BCUT2D eigenvalue weighted by Crippen LogP contribution is 2.36. The van der Waals surface area contributed by atoms with Crippen LogP contribution < -0.4 is 42.5 Å². The summed E-state index contributed by atoms with van der Waals surface area (Å²) in [5.74, 6) is -13.1. The predicted molar refractivity (Wildman–Crippen MR) is 335 cm³/mol. The average Bonchev–Trinajstić information content (AvgIpc) is 1.48. The van der Waals surface area contributed by atoms with E-state index in [2.05, 4.69) is 42.5 Å². The Morgan fingerprint density at radius 2 is 0.980 bits per heavy atom. The van der Waals surface area contributed by atoms with Crippen LogP contribution in [0.25, 0.3) is 0 Å². The zero-order chi connectivity index (χ0) is 73.9. The Balaban J connectivity index is 1.56. The Morgan fingerprint density at radius 1 is 0.495 bits per heavy atom. The van der Waals surface area contributed by atoms with Crippen molar-refractivity contribution < 1.29 is 124 Å². The topological polar surface area (TPSA) is 471 Å². The molecule has 0 spiro atoms. The third-order valence-electron chi connectivity index (χ3n) is 16.9. The fraction of sp³-hybridized carbons (Fsp3) is 0.742. The highest BCUT2D eigenvalue weighted by Gasteiger charge is 2.58. The number of esters is 6. The van der Waals surface area contributed by atoms with Crippen LogP contribution in [-0.2, 0) is 124 Å². The Bertz CT molecular complexity index is 2990. The number of ether oxygens (including phenoxy) is 10. The third kappa shape index (κ3) is 22.4. The first-order chi connectivity index (χ1) is 46.6. The second-order valence-corrected chi connectivity index (χ2v) is 24.5. The zero-order valence-electron chi connectivity index (χ0n) is 58.1. The molecule has 5 fully saturated rings. The van der Waals surface area contributed by atoms with Gasteiger partial charge in [-0.1, -0.05) is 6.92 Å². The summed E-state index contributed by atoms with van der Waals surface area (Å²) in [5, 5.41) is 20.7. The van der Waals surface area contributed by atoms with Crippen molar-refractivity contribution in [3.05, 3.63) is 0 Å². The van der Waals surface area contributed by atoms with E-state index < -0.39 is 225 Å². The lowest BCUT2D eigenvalue weighted by Gasteiger charge is -2.49. The second kappa shape index (κ2) is 37.5. The quantitative estimate of drug-likeness (QED) is 0.0248. The number of hydrogen-bond donors (Lipinski definition) is 8. The van der Waals surface area contributed by atoms with Gasteiger partial charge in [0.05, 0.1) is 18.7 Å². The molecule has 5 rings (SSSR count). The van der Waals surface area contributed by atoms with Crippen LogP contribution in [0.3, 0.4) is 0 Å². The minimum Gasteiger partial charge on any atom is -0.463 e. The molecule has 0 aromatic heterocycles. The summed E-state index contributed by atoms with van der Waals surface area (Å²) in [6, 6.07) is -11.3. The molecule has 554 valence electrons. The molecule has 37 nitrogen and oxygen atoms in total. The van der Waals surface area contributed by atoms with Gasteiger partial charge < -0.3 is 105 Å². The van der Waals surface area contributed by atoms with Crippen LogP contribution in [0, 0.1) is 0 Å². The Hall–Kier alpha value is -8.68. The first kappa shape index (κ1) is 81.0. The summed E-state index contributed by atoms with van der Waals surface area (Å²) < 4.78 is 58.9. The van der Waals surface area contributed by atoms with Gasteiger partial charge in [-0.3, -0.25) is 76.7 Å². The van der Waals surface area contributed by atoms with E-state index in [1.165, 1.54) is 49.4 Å². The molecule has 37 heteroatoms. The first-order valence-corrected chi connectivity index (χ1v) is 32.8. The van der Waals surface area contributed by atoms with Gasteiger partial charge in [-0.2, -0.15) is 0 Å². The number of nitrogens with zero attached hydrogens (tertiary/aromatic N) is 3. The fourth-order valence-electron chi connectivity index (χ4n) is 12.2. The van der Waals surface area contributed by atoms with Gasteiger partial charge in [0.2, 0.25) is 59.1 Å². The van der Waals surface area contributed by atoms with Crippen LogP contribution in [0.1, 0.15) is 128 Å². The lowest BCUT2D eigenvalue weighted by molar-refractivity contribution is -0.349. The van der Waals surface area contributed by atoms with Gasteiger partial charge in [0.15, 0.2) is 37.0 Å². The van der Waals surface area contributed by atoms with Crippen molar-refractivity contribution in [3.63, 3.8) is 0 Å². The molecule has 8 N–H and O–H groups in total. The smallest absolute Gasteiger partial charge is 0.303 e. The van der Waals surface area contributed by atoms with Gasteiger partial charge in [0.25, 0.3) is 0 Å². The predicted octanol–water partition coefficient (Wildman–Crippen LogP) is -4.58. The maximum Gasteiger partial charge on any atom is 0.303 e. The van der Waals surface area contributed by atoms with E-state index in [1.807, 2.05) is 0 Å². The SMILES string of the molecule is CCC(NC(=O)CNC(=O)C1CCCN1C(=O)C(C)NC)C(=O)NC(C(=O)NC(C)C(=O)N1CCCC1C(=O)N1CCCC1C(=O)NC(C)C(=O)NC)C(C)O[C@@H]1OC(COC(C)=O)[C@H](OC(C)=O)C(O[C@@H]2OC(COC(C)=O)[C@H](OC(C)=O)C(OC(C)=O)[C@H]2OC(C)=O)[C@H]1NC(C)=O. The van der Waals surface area contributed by atoms with Gasteiger partial charge in [-0.25, -0.2) is 0 Å². The Labute approximate surface area is 571 Å². The van der Waals surface area contributed by atoms with E-state index in [-0.39, 0.29) is 38.3 Å². The minimum absolute atomic E-state index is 0.0334. The normalized spacial score (nSPS) is 26.8. The number of likely N-dealkylation sites (N-methyl/N-ethyl adjacent to an activating group) is 2. The van der Waals surface area contributed by atoms with Gasteiger partial charge in [0, 0.05) is 75.1 Å². The van der Waals surface area contributed by atoms with E-state index in [0.29, 0.717) is 32.2 Å². The molecule has 0 saturated carbocycles. The second-order valence-electron chi connectivity index (χ2n) is 24.5. The maximum atomic E-state index is 15.1. The van der Waals surface area contributed by atoms with Gasteiger partial charge >= 0.3 is 35.8 Å². The standard InChI is InChI=1S/C62H95N11O26/c1-15-39(69-45(81)25-65-55(84)40-19-16-22-71(40)58(87)29(3)63-13)54(83)70-46(57(86)67-30(4)59(88)73-24-18-21-42(73)60(89)72-23-17-20-41(72)56(85)66-28(2)53(82)64-14)31(5)92-61-47(68-32(6)74)50(48(93-35(9)77)43(97-61)26-90-33(7)75)99-62-52(96-38(12)80)51(95-37(11)79)49(94-36(10)78)44(98-62)27-91-34(8)76/h28-31,39-44,46-52,61-63H,15-27H2,1-14H3,(H,64,82)(H,65,84)(H,66,85)(H,67,86)(H,68,74)(H,69,81)(H,70,83)/t28?,29?,30?,31?,39?,40?,41?,42?,43?,44?,46?,47-,48+,49+,50?,51?,52-,61-,62+/m1/s1. The average molecular weight is 1410 g/mol. The van der Waals surface area contributed by atoms with Crippen molar-refractivity contribution in [1.29, 1.82) is 0 Å². The van der Waals surface area contributed by atoms with E-state index in [4.69, 9.17) is 47.4 Å². The van der Waals surface area contributed by atoms with Crippen LogP contribution in [0.15, 0.2) is 0 Å². The summed E-state index contributed by atoms with van der Waals surface area (Å²) >= 11 is 0. The van der Waals surface area contributed by atoms with E-state index >= 15 is 4.79 Å². The van der Waals surface area contributed by atoms with E-state index in [1.54, 1.807) is 14.0 Å². The molecule has 0 radical (unpaired) electrons. The molecule has 99 heavy (non-hydrogen) atoms. The van der Waals surface area contributed by atoms with Crippen LogP contribution in [-0.4, -0.2) is 279 Å². The monoisotopic (exact) mass is 1410 g/mol. The van der Waals surface area contributed by atoms with Crippen molar-refractivity contribution in [1.82, 2.24) is 57.2 Å². The van der Waals surface area contributed by atoms with Crippen molar-refractivity contribution in [2.45, 2.75) is 244 Å². The molecule has 13 unspecified atom stereocenters. The number of amides is 10. The minimum atomic E-state index is -2.07. The van der Waals surface area contributed by atoms with Crippen molar-refractivity contribution >= 4 is 94.9 Å². The molecule has 5 heterocycles. The Kier molecular flexibility index (Phi) is 30.7. The molecule has 5 saturated heterocycles.